The van der Waals surface area contributed by atoms with Gasteiger partial charge in [0.25, 0.3) is 5.91 Å². The number of benzene rings is 2. The number of nitrogens with one attached hydrogen (secondary N) is 1. The molecule has 0 aliphatic heterocycles. The molecule has 7 heteroatoms. The van der Waals surface area contributed by atoms with Crippen LogP contribution in [0.25, 0.3) is 5.65 Å². The summed E-state index contributed by atoms with van der Waals surface area (Å²) in [5.41, 5.74) is 5.99. The Morgan fingerprint density at radius 1 is 0.879 bits per heavy atom. The summed E-state index contributed by atoms with van der Waals surface area (Å²) in [4.78, 5) is 13.0. The molecule has 2 aromatic carbocycles. The van der Waals surface area contributed by atoms with Gasteiger partial charge < -0.3 is 5.32 Å². The monoisotopic (exact) mass is 436 g/mol. The van der Waals surface area contributed by atoms with Crippen LogP contribution in [0.5, 0.6) is 0 Å². The Morgan fingerprint density at radius 3 is 2.42 bits per heavy atom. The van der Waals surface area contributed by atoms with Crippen LogP contribution in [0.1, 0.15) is 38.7 Å². The summed E-state index contributed by atoms with van der Waals surface area (Å²) in [7, 11) is 0. The van der Waals surface area contributed by atoms with Gasteiger partial charge in [-0.2, -0.15) is 5.10 Å². The molecular formula is C26H24N6O. The third-order valence-electron chi connectivity index (χ3n) is 5.74. The van der Waals surface area contributed by atoms with E-state index in [9.17, 15) is 4.79 Å². The molecule has 0 spiro atoms. The minimum absolute atomic E-state index is 0.152. The summed E-state index contributed by atoms with van der Waals surface area (Å²) < 4.78 is 3.86. The standard InChI is InChI=1S/C26H24N6O/c1-18-25(19(2)32(30-18)17-21-8-4-3-5-9-21)26(33)27-22-13-11-20(12-14-22)16-24-29-28-23-10-6-7-15-31(23)24/h3-15H,16-17H2,1-2H3,(H,27,33). The zero-order valence-corrected chi connectivity index (χ0v) is 18.6. The molecule has 0 aliphatic rings. The number of hydrogen-bond donors (Lipinski definition) is 1. The quantitative estimate of drug-likeness (QED) is 0.427. The van der Waals surface area contributed by atoms with E-state index in [1.165, 1.54) is 0 Å². The summed E-state index contributed by atoms with van der Waals surface area (Å²) in [6.07, 6.45) is 2.62. The van der Waals surface area contributed by atoms with Gasteiger partial charge in [0, 0.05) is 24.0 Å². The summed E-state index contributed by atoms with van der Waals surface area (Å²) in [6, 6.07) is 23.8. The second-order valence-corrected chi connectivity index (χ2v) is 8.06. The molecule has 3 aromatic heterocycles. The molecular weight excluding hydrogens is 412 g/mol. The van der Waals surface area contributed by atoms with Crippen molar-refractivity contribution in [2.75, 3.05) is 5.32 Å². The van der Waals surface area contributed by atoms with E-state index in [1.807, 2.05) is 89.8 Å². The van der Waals surface area contributed by atoms with Gasteiger partial charge in [-0.25, -0.2) is 0 Å². The maximum Gasteiger partial charge on any atom is 0.259 e. The van der Waals surface area contributed by atoms with E-state index < -0.39 is 0 Å². The van der Waals surface area contributed by atoms with Gasteiger partial charge in [-0.3, -0.25) is 13.9 Å². The Kier molecular flexibility index (Phi) is 5.44. The minimum atomic E-state index is -0.152. The third-order valence-corrected chi connectivity index (χ3v) is 5.74. The number of anilines is 1. The first-order valence-corrected chi connectivity index (χ1v) is 10.9. The Labute approximate surface area is 191 Å². The van der Waals surface area contributed by atoms with E-state index in [-0.39, 0.29) is 5.91 Å². The fourth-order valence-electron chi connectivity index (χ4n) is 4.03. The number of carbonyl (C=O) groups is 1. The van der Waals surface area contributed by atoms with Crippen molar-refractivity contribution in [1.82, 2.24) is 24.4 Å². The SMILES string of the molecule is Cc1nn(Cc2ccccc2)c(C)c1C(=O)Nc1ccc(Cc2nnc3ccccn23)cc1. The highest BCUT2D eigenvalue weighted by atomic mass is 16.1. The van der Waals surface area contributed by atoms with Crippen LogP contribution < -0.4 is 5.32 Å². The summed E-state index contributed by atoms with van der Waals surface area (Å²) in [5, 5.41) is 16.1. The molecule has 0 radical (unpaired) electrons. The lowest BCUT2D eigenvalue weighted by atomic mass is 10.1. The van der Waals surface area contributed by atoms with Gasteiger partial charge in [0.15, 0.2) is 5.65 Å². The predicted octanol–water partition coefficient (Wildman–Crippen LogP) is 4.43. The van der Waals surface area contributed by atoms with Crippen LogP contribution in [0.15, 0.2) is 79.0 Å². The fourth-order valence-corrected chi connectivity index (χ4v) is 4.03. The third kappa shape index (κ3) is 4.25. The number of pyridine rings is 1. The van der Waals surface area contributed by atoms with E-state index in [0.29, 0.717) is 18.5 Å². The first-order chi connectivity index (χ1) is 16.1. The van der Waals surface area contributed by atoms with Gasteiger partial charge in [0.1, 0.15) is 5.82 Å². The molecule has 5 aromatic rings. The topological polar surface area (TPSA) is 77.1 Å². The van der Waals surface area contributed by atoms with Crippen LogP contribution in [0, 0.1) is 13.8 Å². The van der Waals surface area contributed by atoms with Gasteiger partial charge in [0.05, 0.1) is 17.8 Å². The maximum atomic E-state index is 13.0. The van der Waals surface area contributed by atoms with Crippen molar-refractivity contribution < 1.29 is 4.79 Å². The molecule has 0 unspecified atom stereocenters. The van der Waals surface area contributed by atoms with Crippen molar-refractivity contribution in [3.63, 3.8) is 0 Å². The second-order valence-electron chi connectivity index (χ2n) is 8.06. The average Bonchev–Trinajstić information content (AvgIpc) is 3.36. The van der Waals surface area contributed by atoms with Crippen molar-refractivity contribution in [1.29, 1.82) is 0 Å². The van der Waals surface area contributed by atoms with Gasteiger partial charge in [-0.1, -0.05) is 48.5 Å². The maximum absolute atomic E-state index is 13.0. The molecule has 0 aliphatic carbocycles. The van der Waals surface area contributed by atoms with Crippen LogP contribution in [-0.2, 0) is 13.0 Å². The van der Waals surface area contributed by atoms with Crippen LogP contribution in [0.2, 0.25) is 0 Å². The molecule has 0 atom stereocenters. The van der Waals surface area contributed by atoms with Crippen LogP contribution in [-0.4, -0.2) is 30.3 Å². The molecule has 5 rings (SSSR count). The highest BCUT2D eigenvalue weighted by Crippen LogP contribution is 2.19. The Bertz CT molecular complexity index is 1420. The number of aromatic nitrogens is 5. The normalized spacial score (nSPS) is 11.1. The van der Waals surface area contributed by atoms with Crippen molar-refractivity contribution in [3.05, 3.63) is 113 Å². The molecule has 3 heterocycles. The largest absolute Gasteiger partial charge is 0.322 e. The average molecular weight is 437 g/mol. The molecule has 0 saturated carbocycles. The van der Waals surface area contributed by atoms with Crippen molar-refractivity contribution in [3.8, 4) is 0 Å². The molecule has 1 amide bonds. The molecule has 33 heavy (non-hydrogen) atoms. The van der Waals surface area contributed by atoms with E-state index in [2.05, 4.69) is 32.7 Å². The predicted molar refractivity (Wildman–Crippen MR) is 127 cm³/mol. The highest BCUT2D eigenvalue weighted by molar-refractivity contribution is 6.05. The summed E-state index contributed by atoms with van der Waals surface area (Å²) >= 11 is 0. The number of hydrogen-bond acceptors (Lipinski definition) is 4. The van der Waals surface area contributed by atoms with Gasteiger partial charge in [-0.05, 0) is 49.2 Å². The molecule has 0 saturated heterocycles. The lowest BCUT2D eigenvalue weighted by Crippen LogP contribution is -2.14. The van der Waals surface area contributed by atoms with Crippen molar-refractivity contribution in [2.24, 2.45) is 0 Å². The molecule has 1 N–H and O–H groups in total. The van der Waals surface area contributed by atoms with Gasteiger partial charge >= 0.3 is 0 Å². The van der Waals surface area contributed by atoms with Crippen molar-refractivity contribution >= 4 is 17.2 Å². The van der Waals surface area contributed by atoms with E-state index >= 15 is 0 Å². The zero-order valence-electron chi connectivity index (χ0n) is 18.6. The molecule has 0 bridgehead atoms. The van der Waals surface area contributed by atoms with Gasteiger partial charge in [0.2, 0.25) is 0 Å². The Hall–Kier alpha value is -4.26. The molecule has 164 valence electrons. The number of aryl methyl sites for hydroxylation is 1. The Morgan fingerprint density at radius 2 is 1.64 bits per heavy atom. The second kappa shape index (κ2) is 8.70. The van der Waals surface area contributed by atoms with Crippen molar-refractivity contribution in [2.45, 2.75) is 26.8 Å². The smallest absolute Gasteiger partial charge is 0.259 e. The first kappa shape index (κ1) is 20.6. The highest BCUT2D eigenvalue weighted by Gasteiger charge is 2.19. The number of carbonyl (C=O) groups excluding carboxylic acids is 1. The van der Waals surface area contributed by atoms with Crippen LogP contribution in [0.3, 0.4) is 0 Å². The Balaban J connectivity index is 1.29. The molecule has 0 fully saturated rings. The number of fused-ring (bicyclic) bond motifs is 1. The van der Waals surface area contributed by atoms with Gasteiger partial charge in [-0.15, -0.1) is 10.2 Å². The van der Waals surface area contributed by atoms with Crippen LogP contribution in [0.4, 0.5) is 5.69 Å². The summed E-state index contributed by atoms with van der Waals surface area (Å²) in [6.45, 7) is 4.44. The number of nitrogens with zero attached hydrogens (tertiary/aromatic N) is 5. The fraction of sp³-hybridized carbons (Fsp3) is 0.154. The number of rotatable bonds is 6. The first-order valence-electron chi connectivity index (χ1n) is 10.9. The molecule has 7 nitrogen and oxygen atoms in total. The van der Waals surface area contributed by atoms with E-state index in [4.69, 9.17) is 0 Å². The lowest BCUT2D eigenvalue weighted by Gasteiger charge is -2.08. The lowest BCUT2D eigenvalue weighted by molar-refractivity contribution is 0.102. The number of amides is 1. The van der Waals surface area contributed by atoms with E-state index in [0.717, 1.165) is 39.7 Å². The minimum Gasteiger partial charge on any atom is -0.322 e. The van der Waals surface area contributed by atoms with E-state index in [1.54, 1.807) is 0 Å². The van der Waals surface area contributed by atoms with Crippen LogP contribution >= 0.6 is 0 Å². The summed E-state index contributed by atoms with van der Waals surface area (Å²) in [5.74, 6) is 0.722. The zero-order chi connectivity index (χ0) is 22.8.